The number of rotatable bonds is 5. The molecule has 7 heteroatoms. The van der Waals surface area contributed by atoms with Crippen LogP contribution in [0, 0.1) is 5.92 Å². The fourth-order valence-electron chi connectivity index (χ4n) is 4.63. The van der Waals surface area contributed by atoms with Gasteiger partial charge in [-0.25, -0.2) is 9.97 Å². The van der Waals surface area contributed by atoms with Crippen LogP contribution < -0.4 is 10.2 Å². The molecule has 6 rings (SSSR count). The van der Waals surface area contributed by atoms with E-state index in [4.69, 9.17) is 14.7 Å². The normalized spacial score (nSPS) is 17.5. The second kappa shape index (κ2) is 7.89. The third-order valence-electron chi connectivity index (χ3n) is 6.38. The number of morpholine rings is 1. The van der Waals surface area contributed by atoms with Crippen molar-refractivity contribution >= 4 is 38.3 Å². The number of imidazole rings is 1. The van der Waals surface area contributed by atoms with Crippen LogP contribution in [0.2, 0.25) is 0 Å². The molecule has 6 nitrogen and oxygen atoms in total. The van der Waals surface area contributed by atoms with E-state index in [1.165, 1.54) is 26.3 Å². The lowest BCUT2D eigenvalue weighted by Crippen LogP contribution is -2.43. The van der Waals surface area contributed by atoms with E-state index >= 15 is 0 Å². The van der Waals surface area contributed by atoms with Crippen LogP contribution in [0.3, 0.4) is 0 Å². The first-order valence-corrected chi connectivity index (χ1v) is 12.1. The summed E-state index contributed by atoms with van der Waals surface area (Å²) in [5, 5.41) is 5.86. The van der Waals surface area contributed by atoms with Gasteiger partial charge in [0, 0.05) is 35.3 Å². The fourth-order valence-corrected chi connectivity index (χ4v) is 5.78. The Bertz CT molecular complexity index is 1240. The molecule has 3 aromatic heterocycles. The largest absolute Gasteiger partial charge is 0.378 e. The van der Waals surface area contributed by atoms with Crippen LogP contribution in [0.1, 0.15) is 18.4 Å². The van der Waals surface area contributed by atoms with Crippen LogP contribution in [0.4, 0.5) is 5.82 Å². The van der Waals surface area contributed by atoms with Crippen LogP contribution in [0.25, 0.3) is 26.1 Å². The molecule has 0 spiro atoms. The first kappa shape index (κ1) is 19.2. The van der Waals surface area contributed by atoms with Crippen molar-refractivity contribution in [2.45, 2.75) is 19.8 Å². The number of hydrogen-bond acceptors (Lipinski definition) is 6. The van der Waals surface area contributed by atoms with E-state index in [1.807, 2.05) is 11.3 Å². The molecule has 1 aromatic carbocycles. The molecule has 2 saturated heterocycles. The number of thiophene rings is 1. The van der Waals surface area contributed by atoms with Gasteiger partial charge in [0.05, 0.1) is 24.2 Å². The molecule has 2 aliphatic heterocycles. The lowest BCUT2D eigenvalue weighted by Gasteiger charge is -2.30. The highest BCUT2D eigenvalue weighted by molar-refractivity contribution is 7.21. The standard InChI is InChI=1S/C24H27N5OS/c1-2-22-27-19-5-3-4-6-20(19)29(22)23-13-18-21(31-23)12-17(11-16-14-25-15-16)26-24(18)28-7-9-30-10-8-28/h3-6,12-13,16,25H,2,7-11,14-15H2,1H3. The Morgan fingerprint density at radius 1 is 1.13 bits per heavy atom. The number of hydrogen-bond donors (Lipinski definition) is 1. The SMILES string of the molecule is CCc1nc2ccccc2n1-c1cc2c(N3CCOCC3)nc(CC3CNC3)cc2s1. The van der Waals surface area contributed by atoms with E-state index in [-0.39, 0.29) is 0 Å². The van der Waals surface area contributed by atoms with E-state index in [2.05, 4.69) is 58.1 Å². The molecule has 0 saturated carbocycles. The first-order valence-electron chi connectivity index (χ1n) is 11.2. The van der Waals surface area contributed by atoms with Gasteiger partial charge in [-0.1, -0.05) is 19.1 Å². The molecule has 0 radical (unpaired) electrons. The highest BCUT2D eigenvalue weighted by Crippen LogP contribution is 2.37. The van der Waals surface area contributed by atoms with E-state index in [1.54, 1.807) is 0 Å². The van der Waals surface area contributed by atoms with Gasteiger partial charge in [0.1, 0.15) is 16.6 Å². The Balaban J connectivity index is 1.51. The van der Waals surface area contributed by atoms with Crippen molar-refractivity contribution in [1.29, 1.82) is 0 Å². The number of anilines is 1. The minimum Gasteiger partial charge on any atom is -0.378 e. The van der Waals surface area contributed by atoms with Crippen molar-refractivity contribution in [3.63, 3.8) is 0 Å². The summed E-state index contributed by atoms with van der Waals surface area (Å²) in [4.78, 5) is 12.5. The summed E-state index contributed by atoms with van der Waals surface area (Å²) in [6.07, 6.45) is 1.94. The third kappa shape index (κ3) is 3.41. The predicted octanol–water partition coefficient (Wildman–Crippen LogP) is 3.80. The minimum absolute atomic E-state index is 0.700. The van der Waals surface area contributed by atoms with Gasteiger partial charge in [0.25, 0.3) is 0 Å². The summed E-state index contributed by atoms with van der Waals surface area (Å²) in [5.41, 5.74) is 3.44. The smallest absolute Gasteiger partial charge is 0.137 e. The quantitative estimate of drug-likeness (QED) is 0.519. The lowest BCUT2D eigenvalue weighted by molar-refractivity contribution is 0.122. The van der Waals surface area contributed by atoms with Gasteiger partial charge in [-0.05, 0) is 49.7 Å². The number of para-hydroxylation sites is 2. The molecular formula is C24H27N5OS. The zero-order valence-corrected chi connectivity index (χ0v) is 18.6. The van der Waals surface area contributed by atoms with Crippen molar-refractivity contribution in [1.82, 2.24) is 19.9 Å². The topological polar surface area (TPSA) is 55.2 Å². The Labute approximate surface area is 185 Å². The van der Waals surface area contributed by atoms with Gasteiger partial charge in [0.2, 0.25) is 0 Å². The number of benzene rings is 1. The zero-order valence-electron chi connectivity index (χ0n) is 17.8. The second-order valence-corrected chi connectivity index (χ2v) is 9.53. The molecule has 2 fully saturated rings. The molecular weight excluding hydrogens is 406 g/mol. The van der Waals surface area contributed by atoms with Crippen LogP contribution >= 0.6 is 11.3 Å². The van der Waals surface area contributed by atoms with Crippen LogP contribution in [0.5, 0.6) is 0 Å². The molecule has 0 aliphatic carbocycles. The van der Waals surface area contributed by atoms with Crippen molar-refractivity contribution in [2.24, 2.45) is 5.92 Å². The molecule has 0 bridgehead atoms. The zero-order chi connectivity index (χ0) is 20.8. The van der Waals surface area contributed by atoms with Crippen molar-refractivity contribution in [3.8, 4) is 5.00 Å². The van der Waals surface area contributed by atoms with E-state index in [9.17, 15) is 0 Å². The average Bonchev–Trinajstić information content (AvgIpc) is 3.37. The number of pyridine rings is 1. The van der Waals surface area contributed by atoms with Crippen molar-refractivity contribution < 1.29 is 4.74 Å². The molecule has 2 aliphatic rings. The van der Waals surface area contributed by atoms with Gasteiger partial charge in [0.15, 0.2) is 0 Å². The Morgan fingerprint density at radius 2 is 1.97 bits per heavy atom. The summed E-state index contributed by atoms with van der Waals surface area (Å²) in [6, 6.07) is 13.1. The van der Waals surface area contributed by atoms with Gasteiger partial charge >= 0.3 is 0 Å². The average molecular weight is 434 g/mol. The molecule has 0 amide bonds. The Hall–Kier alpha value is -2.48. The third-order valence-corrected chi connectivity index (χ3v) is 7.44. The maximum atomic E-state index is 5.61. The highest BCUT2D eigenvalue weighted by Gasteiger charge is 2.23. The highest BCUT2D eigenvalue weighted by atomic mass is 32.1. The van der Waals surface area contributed by atoms with Gasteiger partial charge in [-0.2, -0.15) is 0 Å². The molecule has 31 heavy (non-hydrogen) atoms. The molecule has 5 heterocycles. The fraction of sp³-hybridized carbons (Fsp3) is 0.417. The predicted molar refractivity (Wildman–Crippen MR) is 127 cm³/mol. The maximum Gasteiger partial charge on any atom is 0.137 e. The van der Waals surface area contributed by atoms with Gasteiger partial charge in [-0.15, -0.1) is 11.3 Å². The number of nitrogens with zero attached hydrogens (tertiary/aromatic N) is 4. The monoisotopic (exact) mass is 433 g/mol. The summed E-state index contributed by atoms with van der Waals surface area (Å²) in [7, 11) is 0. The van der Waals surface area contributed by atoms with Crippen LogP contribution in [-0.4, -0.2) is 53.9 Å². The Kier molecular flexibility index (Phi) is 4.89. The van der Waals surface area contributed by atoms with Gasteiger partial charge in [-0.3, -0.25) is 4.57 Å². The van der Waals surface area contributed by atoms with Crippen LogP contribution in [-0.2, 0) is 17.6 Å². The van der Waals surface area contributed by atoms with E-state index < -0.39 is 0 Å². The number of aromatic nitrogens is 3. The van der Waals surface area contributed by atoms with Crippen molar-refractivity contribution in [3.05, 3.63) is 47.9 Å². The molecule has 160 valence electrons. The first-order chi connectivity index (χ1) is 15.3. The van der Waals surface area contributed by atoms with E-state index in [0.717, 1.165) is 69.4 Å². The van der Waals surface area contributed by atoms with Crippen LogP contribution in [0.15, 0.2) is 36.4 Å². The van der Waals surface area contributed by atoms with Crippen molar-refractivity contribution in [2.75, 3.05) is 44.3 Å². The van der Waals surface area contributed by atoms with Gasteiger partial charge < -0.3 is 15.0 Å². The Morgan fingerprint density at radius 3 is 2.74 bits per heavy atom. The number of nitrogens with one attached hydrogen (secondary N) is 1. The minimum atomic E-state index is 0.700. The molecule has 0 atom stereocenters. The summed E-state index contributed by atoms with van der Waals surface area (Å²) in [5.74, 6) is 2.92. The van der Waals surface area contributed by atoms with E-state index in [0.29, 0.717) is 5.92 Å². The second-order valence-electron chi connectivity index (χ2n) is 8.47. The summed E-state index contributed by atoms with van der Waals surface area (Å²) in [6.45, 7) is 7.71. The lowest BCUT2D eigenvalue weighted by atomic mass is 9.97. The summed E-state index contributed by atoms with van der Waals surface area (Å²) < 4.78 is 9.26. The molecule has 0 unspecified atom stereocenters. The molecule has 4 aromatic rings. The number of ether oxygens (including phenoxy) is 1. The molecule has 1 N–H and O–H groups in total. The summed E-state index contributed by atoms with van der Waals surface area (Å²) >= 11 is 1.85. The maximum absolute atomic E-state index is 5.61. The number of fused-ring (bicyclic) bond motifs is 2. The number of aryl methyl sites for hydroxylation is 1.